The Morgan fingerprint density at radius 2 is 2.17 bits per heavy atom. The minimum atomic E-state index is -3.86. The van der Waals surface area contributed by atoms with Crippen LogP contribution in [-0.4, -0.2) is 21.5 Å². The predicted molar refractivity (Wildman–Crippen MR) is 93.6 cm³/mol. The number of rotatable bonds is 7. The van der Waals surface area contributed by atoms with Crippen molar-refractivity contribution in [3.8, 4) is 0 Å². The lowest BCUT2D eigenvalue weighted by molar-refractivity contribution is -0.141. The Morgan fingerprint density at radius 1 is 1.42 bits per heavy atom. The van der Waals surface area contributed by atoms with Crippen LogP contribution in [0.1, 0.15) is 22.9 Å². The number of carbonyl (C=O) groups is 1. The predicted octanol–water partition coefficient (Wildman–Crippen LogP) is 3.37. The third-order valence-corrected chi connectivity index (χ3v) is 5.98. The van der Waals surface area contributed by atoms with Crippen LogP contribution in [-0.2, 0) is 25.3 Å². The summed E-state index contributed by atoms with van der Waals surface area (Å²) in [6.45, 7) is 0. The number of hydrogen-bond acceptors (Lipinski definition) is 5. The van der Waals surface area contributed by atoms with E-state index in [1.165, 1.54) is 30.6 Å². The van der Waals surface area contributed by atoms with E-state index in [0.29, 0.717) is 9.35 Å². The summed E-state index contributed by atoms with van der Waals surface area (Å²) in [7, 11) is -2.62. The standard InChI is InChI=1S/C15H15BrFNO4S2/c1-22-15(19)8-13(14-3-2-6-23-14)18-24(20,21)9-10-4-5-11(16)7-12(10)17/h2-7,13,18H,8-9H2,1H3. The lowest BCUT2D eigenvalue weighted by Crippen LogP contribution is -2.31. The number of methoxy groups -OCH3 is 1. The van der Waals surface area contributed by atoms with Crippen molar-refractivity contribution in [2.45, 2.75) is 18.2 Å². The van der Waals surface area contributed by atoms with Crippen molar-refractivity contribution in [2.24, 2.45) is 0 Å². The second-order valence-electron chi connectivity index (χ2n) is 4.96. The Labute approximate surface area is 152 Å². The topological polar surface area (TPSA) is 72.5 Å². The zero-order valence-corrected chi connectivity index (χ0v) is 15.9. The molecule has 0 radical (unpaired) electrons. The first kappa shape index (κ1) is 19.0. The molecule has 1 aromatic heterocycles. The van der Waals surface area contributed by atoms with Gasteiger partial charge in [-0.1, -0.05) is 28.1 Å². The molecule has 2 rings (SSSR count). The lowest BCUT2D eigenvalue weighted by atomic mass is 10.2. The fourth-order valence-corrected chi connectivity index (χ4v) is 4.60. The van der Waals surface area contributed by atoms with Crippen LogP contribution >= 0.6 is 27.3 Å². The number of esters is 1. The molecule has 9 heteroatoms. The molecule has 0 aliphatic heterocycles. The van der Waals surface area contributed by atoms with Crippen LogP contribution < -0.4 is 4.72 Å². The second-order valence-corrected chi connectivity index (χ2v) is 8.61. The average molecular weight is 436 g/mol. The van der Waals surface area contributed by atoms with Crippen molar-refractivity contribution in [1.82, 2.24) is 4.72 Å². The van der Waals surface area contributed by atoms with Gasteiger partial charge in [0.25, 0.3) is 0 Å². The molecule has 1 N–H and O–H groups in total. The summed E-state index contributed by atoms with van der Waals surface area (Å²) in [4.78, 5) is 12.2. The van der Waals surface area contributed by atoms with E-state index in [4.69, 9.17) is 0 Å². The first-order chi connectivity index (χ1) is 11.3. The molecule has 0 spiro atoms. The third-order valence-electron chi connectivity index (χ3n) is 3.17. The molecule has 0 amide bonds. The van der Waals surface area contributed by atoms with E-state index < -0.39 is 33.6 Å². The van der Waals surface area contributed by atoms with Gasteiger partial charge in [-0.05, 0) is 23.6 Å². The van der Waals surface area contributed by atoms with Crippen LogP contribution in [0.15, 0.2) is 40.2 Å². The van der Waals surface area contributed by atoms with Gasteiger partial charge in [0.15, 0.2) is 0 Å². The molecule has 0 saturated carbocycles. The maximum atomic E-state index is 13.9. The summed E-state index contributed by atoms with van der Waals surface area (Å²) in [6.07, 6.45) is -0.140. The largest absolute Gasteiger partial charge is 0.469 e. The zero-order chi connectivity index (χ0) is 17.7. The minimum Gasteiger partial charge on any atom is -0.469 e. The number of sulfonamides is 1. The normalized spacial score (nSPS) is 12.8. The quantitative estimate of drug-likeness (QED) is 0.676. The summed E-state index contributed by atoms with van der Waals surface area (Å²) in [5, 5.41) is 1.78. The van der Waals surface area contributed by atoms with Crippen LogP contribution in [0.4, 0.5) is 4.39 Å². The van der Waals surface area contributed by atoms with Gasteiger partial charge >= 0.3 is 5.97 Å². The van der Waals surface area contributed by atoms with Gasteiger partial charge in [-0.3, -0.25) is 4.79 Å². The molecule has 24 heavy (non-hydrogen) atoms. The molecule has 0 fully saturated rings. The second kappa shape index (κ2) is 8.19. The number of nitrogens with one attached hydrogen (secondary N) is 1. The van der Waals surface area contributed by atoms with Crippen molar-refractivity contribution in [1.29, 1.82) is 0 Å². The summed E-state index contributed by atoms with van der Waals surface area (Å²) in [5.41, 5.74) is 0.0497. The van der Waals surface area contributed by atoms with Gasteiger partial charge < -0.3 is 4.74 Å². The molecule has 0 bridgehead atoms. The van der Waals surface area contributed by atoms with Crippen molar-refractivity contribution in [3.63, 3.8) is 0 Å². The highest BCUT2D eigenvalue weighted by Gasteiger charge is 2.24. The van der Waals surface area contributed by atoms with Crippen LogP contribution in [0, 0.1) is 5.82 Å². The molecule has 0 saturated heterocycles. The summed E-state index contributed by atoms with van der Waals surface area (Å²) >= 11 is 4.44. The SMILES string of the molecule is COC(=O)CC(NS(=O)(=O)Cc1ccc(Br)cc1F)c1cccs1. The van der Waals surface area contributed by atoms with Crippen LogP contribution in [0.2, 0.25) is 0 Å². The fourth-order valence-electron chi connectivity index (χ4n) is 2.04. The Bertz CT molecular complexity index is 809. The molecule has 0 aliphatic carbocycles. The molecular formula is C15H15BrFNO4S2. The van der Waals surface area contributed by atoms with Gasteiger partial charge in [0.1, 0.15) is 5.82 Å². The van der Waals surface area contributed by atoms with Crippen LogP contribution in [0.3, 0.4) is 0 Å². The number of ether oxygens (including phenoxy) is 1. The smallest absolute Gasteiger partial charge is 0.307 e. The van der Waals surface area contributed by atoms with E-state index in [1.807, 2.05) is 0 Å². The van der Waals surface area contributed by atoms with Gasteiger partial charge in [0.2, 0.25) is 10.0 Å². The molecule has 1 unspecified atom stereocenters. The fraction of sp³-hybridized carbons (Fsp3) is 0.267. The maximum Gasteiger partial charge on any atom is 0.307 e. The Kier molecular flexibility index (Phi) is 6.50. The van der Waals surface area contributed by atoms with Crippen molar-refractivity contribution in [3.05, 3.63) is 56.4 Å². The van der Waals surface area contributed by atoms with E-state index in [1.54, 1.807) is 23.6 Å². The Morgan fingerprint density at radius 3 is 2.75 bits per heavy atom. The van der Waals surface area contributed by atoms with Crippen molar-refractivity contribution in [2.75, 3.05) is 7.11 Å². The highest BCUT2D eigenvalue weighted by Crippen LogP contribution is 2.24. The molecule has 2 aromatic rings. The number of benzene rings is 1. The molecule has 0 aliphatic rings. The number of thiophene rings is 1. The molecule has 1 aromatic carbocycles. The monoisotopic (exact) mass is 435 g/mol. The van der Waals surface area contributed by atoms with E-state index in [0.717, 1.165) is 0 Å². The molecule has 130 valence electrons. The highest BCUT2D eigenvalue weighted by atomic mass is 79.9. The van der Waals surface area contributed by atoms with E-state index in [2.05, 4.69) is 25.4 Å². The molecule has 1 atom stereocenters. The first-order valence-electron chi connectivity index (χ1n) is 6.85. The lowest BCUT2D eigenvalue weighted by Gasteiger charge is -2.17. The zero-order valence-electron chi connectivity index (χ0n) is 12.7. The molecule has 1 heterocycles. The van der Waals surface area contributed by atoms with Crippen molar-refractivity contribution >= 4 is 43.3 Å². The summed E-state index contributed by atoms with van der Waals surface area (Å²) in [5.74, 6) is -1.67. The van der Waals surface area contributed by atoms with E-state index in [9.17, 15) is 17.6 Å². The third kappa shape index (κ3) is 5.37. The van der Waals surface area contributed by atoms with Gasteiger partial charge in [-0.25, -0.2) is 17.5 Å². The maximum absolute atomic E-state index is 13.9. The Hall–Kier alpha value is -1.29. The molecular weight excluding hydrogens is 421 g/mol. The minimum absolute atomic E-state index is 0.0497. The van der Waals surface area contributed by atoms with Crippen molar-refractivity contribution < 1.29 is 22.3 Å². The van der Waals surface area contributed by atoms with Gasteiger partial charge in [-0.15, -0.1) is 11.3 Å². The summed E-state index contributed by atoms with van der Waals surface area (Å²) < 4.78 is 46.2. The van der Waals surface area contributed by atoms with Gasteiger partial charge in [-0.2, -0.15) is 0 Å². The first-order valence-corrected chi connectivity index (χ1v) is 10.2. The average Bonchev–Trinajstić information content (AvgIpc) is 3.03. The number of halogens is 2. The highest BCUT2D eigenvalue weighted by molar-refractivity contribution is 9.10. The Balaban J connectivity index is 2.18. The van der Waals surface area contributed by atoms with Crippen LogP contribution in [0.25, 0.3) is 0 Å². The van der Waals surface area contributed by atoms with E-state index in [-0.39, 0.29) is 12.0 Å². The molecule has 5 nitrogen and oxygen atoms in total. The number of carbonyl (C=O) groups excluding carboxylic acids is 1. The van der Waals surface area contributed by atoms with Crippen LogP contribution in [0.5, 0.6) is 0 Å². The van der Waals surface area contributed by atoms with Gasteiger partial charge in [0.05, 0.1) is 25.3 Å². The summed E-state index contributed by atoms with van der Waals surface area (Å²) in [6, 6.07) is 6.91. The van der Waals surface area contributed by atoms with Gasteiger partial charge in [0, 0.05) is 14.9 Å². The number of hydrogen-bond donors (Lipinski definition) is 1. The van der Waals surface area contributed by atoms with E-state index >= 15 is 0 Å².